The third kappa shape index (κ3) is 2.86. The largest absolute Gasteiger partial charge is 0.467 e. The number of nitrogens with zero attached hydrogens (tertiary/aromatic N) is 1. The van der Waals surface area contributed by atoms with Gasteiger partial charge in [0.2, 0.25) is 0 Å². The number of esters is 1. The maximum Gasteiger partial charge on any atom is 0.328 e. The lowest BCUT2D eigenvalue weighted by molar-refractivity contribution is -0.145. The van der Waals surface area contributed by atoms with Crippen molar-refractivity contribution in [3.05, 3.63) is 20.3 Å². The van der Waals surface area contributed by atoms with Gasteiger partial charge < -0.3 is 14.7 Å². The Morgan fingerprint density at radius 2 is 2.21 bits per heavy atom. The Bertz CT molecular complexity index is 519. The smallest absolute Gasteiger partial charge is 0.328 e. The van der Waals surface area contributed by atoms with Crippen LogP contribution in [-0.2, 0) is 9.53 Å². The molecular formula is C11H11Cl2NO4S. The van der Waals surface area contributed by atoms with Gasteiger partial charge in [0.25, 0.3) is 5.91 Å². The summed E-state index contributed by atoms with van der Waals surface area (Å²) in [5.74, 6) is -0.984. The molecule has 2 rings (SSSR count). The van der Waals surface area contributed by atoms with E-state index in [0.29, 0.717) is 4.34 Å². The van der Waals surface area contributed by atoms with Crippen LogP contribution in [-0.4, -0.2) is 47.7 Å². The number of halogens is 2. The van der Waals surface area contributed by atoms with Crippen molar-refractivity contribution < 1.29 is 19.4 Å². The van der Waals surface area contributed by atoms with Crippen LogP contribution in [0.5, 0.6) is 0 Å². The molecule has 1 aromatic heterocycles. The Morgan fingerprint density at radius 1 is 1.53 bits per heavy atom. The molecule has 1 fully saturated rings. The molecule has 104 valence electrons. The molecule has 0 bridgehead atoms. The highest BCUT2D eigenvalue weighted by Crippen LogP contribution is 2.33. The van der Waals surface area contributed by atoms with Gasteiger partial charge in [-0.05, 0) is 6.07 Å². The number of hydrogen-bond acceptors (Lipinski definition) is 5. The third-order valence-corrected chi connectivity index (χ3v) is 4.39. The van der Waals surface area contributed by atoms with E-state index in [9.17, 15) is 14.7 Å². The highest BCUT2D eigenvalue weighted by atomic mass is 35.5. The predicted octanol–water partition coefficient (Wildman–Crippen LogP) is 1.80. The summed E-state index contributed by atoms with van der Waals surface area (Å²) >= 11 is 12.8. The molecule has 1 saturated heterocycles. The number of aliphatic hydroxyl groups excluding tert-OH is 1. The van der Waals surface area contributed by atoms with Gasteiger partial charge in [0.15, 0.2) is 0 Å². The average Bonchev–Trinajstić information content (AvgIpc) is 2.90. The van der Waals surface area contributed by atoms with Crippen molar-refractivity contribution in [2.75, 3.05) is 13.7 Å². The predicted molar refractivity (Wildman–Crippen MR) is 71.8 cm³/mol. The first-order chi connectivity index (χ1) is 8.93. The van der Waals surface area contributed by atoms with Gasteiger partial charge in [-0.3, -0.25) is 4.79 Å². The van der Waals surface area contributed by atoms with E-state index >= 15 is 0 Å². The summed E-state index contributed by atoms with van der Waals surface area (Å²) in [5.41, 5.74) is 0.236. The topological polar surface area (TPSA) is 66.8 Å². The van der Waals surface area contributed by atoms with Crippen molar-refractivity contribution >= 4 is 46.4 Å². The first-order valence-corrected chi connectivity index (χ1v) is 7.03. The molecule has 2 unspecified atom stereocenters. The van der Waals surface area contributed by atoms with Crippen molar-refractivity contribution in [2.24, 2.45) is 0 Å². The van der Waals surface area contributed by atoms with Gasteiger partial charge in [-0.15, -0.1) is 11.3 Å². The number of thiophene rings is 1. The minimum Gasteiger partial charge on any atom is -0.467 e. The lowest BCUT2D eigenvalue weighted by Gasteiger charge is -2.21. The molecule has 8 heteroatoms. The van der Waals surface area contributed by atoms with Crippen LogP contribution in [0.3, 0.4) is 0 Å². The summed E-state index contributed by atoms with van der Waals surface area (Å²) in [6.45, 7) is 0.0718. The fourth-order valence-electron chi connectivity index (χ4n) is 2.04. The molecule has 0 aromatic carbocycles. The summed E-state index contributed by atoms with van der Waals surface area (Å²) < 4.78 is 5.29. The van der Waals surface area contributed by atoms with Crippen LogP contribution in [0.25, 0.3) is 0 Å². The Hall–Kier alpha value is -0.820. The zero-order valence-electron chi connectivity index (χ0n) is 9.93. The van der Waals surface area contributed by atoms with E-state index < -0.39 is 24.0 Å². The van der Waals surface area contributed by atoms with E-state index in [1.807, 2.05) is 0 Å². The van der Waals surface area contributed by atoms with Gasteiger partial charge in [0.05, 0.1) is 23.1 Å². The number of methoxy groups -OCH3 is 1. The van der Waals surface area contributed by atoms with Crippen LogP contribution in [0.2, 0.25) is 8.67 Å². The van der Waals surface area contributed by atoms with Gasteiger partial charge in [-0.2, -0.15) is 0 Å². The molecule has 0 radical (unpaired) electrons. The van der Waals surface area contributed by atoms with E-state index in [1.54, 1.807) is 0 Å². The number of aliphatic hydroxyl groups is 1. The van der Waals surface area contributed by atoms with E-state index in [4.69, 9.17) is 23.2 Å². The van der Waals surface area contributed by atoms with Crippen molar-refractivity contribution in [3.63, 3.8) is 0 Å². The van der Waals surface area contributed by atoms with Crippen molar-refractivity contribution in [3.8, 4) is 0 Å². The van der Waals surface area contributed by atoms with Crippen LogP contribution < -0.4 is 0 Å². The number of hydrogen-bond donors (Lipinski definition) is 1. The lowest BCUT2D eigenvalue weighted by atomic mass is 10.2. The molecule has 1 aromatic rings. The minimum absolute atomic E-state index is 0.0718. The zero-order valence-corrected chi connectivity index (χ0v) is 12.3. The van der Waals surface area contributed by atoms with Gasteiger partial charge in [0, 0.05) is 13.0 Å². The van der Waals surface area contributed by atoms with Crippen LogP contribution >= 0.6 is 34.5 Å². The van der Waals surface area contributed by atoms with E-state index in [1.165, 1.54) is 18.1 Å². The molecule has 0 spiro atoms. The number of likely N-dealkylation sites (tertiary alicyclic amines) is 1. The summed E-state index contributed by atoms with van der Waals surface area (Å²) in [6, 6.07) is 0.665. The van der Waals surface area contributed by atoms with E-state index in [2.05, 4.69) is 4.74 Å². The van der Waals surface area contributed by atoms with Crippen molar-refractivity contribution in [1.82, 2.24) is 4.90 Å². The third-order valence-electron chi connectivity index (χ3n) is 2.90. The minimum atomic E-state index is -0.790. The number of carbonyl (C=O) groups excluding carboxylic acids is 2. The fourth-order valence-corrected chi connectivity index (χ4v) is 3.49. The first-order valence-electron chi connectivity index (χ1n) is 5.45. The molecular weight excluding hydrogens is 313 g/mol. The highest BCUT2D eigenvalue weighted by molar-refractivity contribution is 7.20. The quantitative estimate of drug-likeness (QED) is 0.843. The SMILES string of the molecule is COC(=O)C1CC(O)CN1C(=O)c1cc(Cl)sc1Cl. The van der Waals surface area contributed by atoms with Gasteiger partial charge in [0.1, 0.15) is 10.4 Å². The summed E-state index contributed by atoms with van der Waals surface area (Å²) in [4.78, 5) is 25.2. The Morgan fingerprint density at radius 3 is 2.74 bits per heavy atom. The second-order valence-electron chi connectivity index (χ2n) is 4.12. The molecule has 1 amide bonds. The second-order valence-corrected chi connectivity index (χ2v) is 6.41. The van der Waals surface area contributed by atoms with E-state index in [0.717, 1.165) is 11.3 Å². The van der Waals surface area contributed by atoms with Gasteiger partial charge >= 0.3 is 5.97 Å². The molecule has 1 aliphatic heterocycles. The molecule has 2 heterocycles. The maximum atomic E-state index is 12.3. The number of carbonyl (C=O) groups is 2. The van der Waals surface area contributed by atoms with E-state index in [-0.39, 0.29) is 22.9 Å². The second kappa shape index (κ2) is 5.66. The Balaban J connectivity index is 2.26. The first kappa shape index (κ1) is 14.6. The highest BCUT2D eigenvalue weighted by Gasteiger charge is 2.40. The van der Waals surface area contributed by atoms with Crippen molar-refractivity contribution in [1.29, 1.82) is 0 Å². The summed E-state index contributed by atoms with van der Waals surface area (Å²) in [7, 11) is 1.24. The standard InChI is InChI=1S/C11H11Cl2NO4S/c1-18-11(17)7-2-5(15)4-14(7)10(16)6-3-8(12)19-9(6)13/h3,5,7,15H,2,4H2,1H3. The Labute approximate surface area is 123 Å². The summed E-state index contributed by atoms with van der Waals surface area (Å²) in [5, 5.41) is 9.63. The zero-order chi connectivity index (χ0) is 14.2. The molecule has 0 aliphatic carbocycles. The van der Waals surface area contributed by atoms with Crippen LogP contribution in [0, 0.1) is 0 Å². The number of rotatable bonds is 2. The molecule has 0 saturated carbocycles. The monoisotopic (exact) mass is 323 g/mol. The van der Waals surface area contributed by atoms with Gasteiger partial charge in [-0.25, -0.2) is 4.79 Å². The fraction of sp³-hybridized carbons (Fsp3) is 0.455. The van der Waals surface area contributed by atoms with Crippen LogP contribution in [0.4, 0.5) is 0 Å². The maximum absolute atomic E-state index is 12.3. The van der Waals surface area contributed by atoms with Crippen LogP contribution in [0.15, 0.2) is 6.07 Å². The number of amides is 1. The summed E-state index contributed by atoms with van der Waals surface area (Å²) in [6.07, 6.45) is -0.589. The van der Waals surface area contributed by atoms with Crippen LogP contribution in [0.1, 0.15) is 16.8 Å². The molecule has 5 nitrogen and oxygen atoms in total. The molecule has 2 atom stereocenters. The van der Waals surface area contributed by atoms with Crippen molar-refractivity contribution in [2.45, 2.75) is 18.6 Å². The van der Waals surface area contributed by atoms with Gasteiger partial charge in [-0.1, -0.05) is 23.2 Å². The number of ether oxygens (including phenoxy) is 1. The Kier molecular flexibility index (Phi) is 4.35. The molecule has 19 heavy (non-hydrogen) atoms. The lowest BCUT2D eigenvalue weighted by Crippen LogP contribution is -2.41. The molecule has 1 N–H and O–H groups in total. The average molecular weight is 324 g/mol. The molecule has 1 aliphatic rings. The normalized spacial score (nSPS) is 22.6. The number of β-amino-alcohol motifs (C(OH)–C–C–N with tert-alkyl or cyclic N) is 1.